The Kier molecular flexibility index (Phi) is 11.5. The number of benzene rings is 3. The Morgan fingerprint density at radius 2 is 1.50 bits per heavy atom. The topological polar surface area (TPSA) is 136 Å². The smallest absolute Gasteiger partial charge is 0.494 e. The zero-order chi connectivity index (χ0) is 38.7. The van der Waals surface area contributed by atoms with Gasteiger partial charge in [0.15, 0.2) is 5.82 Å². The number of nitrogens with zero attached hydrogens (tertiary/aromatic N) is 5. The Hall–Kier alpha value is -4.69. The van der Waals surface area contributed by atoms with Gasteiger partial charge in [0, 0.05) is 38.3 Å². The Labute approximate surface area is 319 Å². The van der Waals surface area contributed by atoms with Crippen LogP contribution in [-0.4, -0.2) is 88.1 Å². The highest BCUT2D eigenvalue weighted by molar-refractivity contribution is 6.62. The number of para-hydroxylation sites is 1. The number of amides is 1. The van der Waals surface area contributed by atoms with E-state index in [9.17, 15) is 9.90 Å². The van der Waals surface area contributed by atoms with Crippen LogP contribution in [0.5, 0.6) is 5.75 Å². The first-order valence-corrected chi connectivity index (χ1v) is 18.6. The van der Waals surface area contributed by atoms with Gasteiger partial charge in [0.1, 0.15) is 11.4 Å². The van der Waals surface area contributed by atoms with Gasteiger partial charge in [-0.3, -0.25) is 9.74 Å². The number of nitrogens with two attached hydrogens (primary N) is 1. The van der Waals surface area contributed by atoms with E-state index in [-0.39, 0.29) is 12.3 Å². The lowest BCUT2D eigenvalue weighted by atomic mass is 9.79. The Bertz CT molecular complexity index is 1880. The van der Waals surface area contributed by atoms with Crippen molar-refractivity contribution in [3.63, 3.8) is 0 Å². The maximum absolute atomic E-state index is 13.2. The summed E-state index contributed by atoms with van der Waals surface area (Å²) >= 11 is 0. The van der Waals surface area contributed by atoms with Gasteiger partial charge in [-0.1, -0.05) is 60.7 Å². The van der Waals surface area contributed by atoms with Crippen molar-refractivity contribution in [2.45, 2.75) is 84.8 Å². The maximum atomic E-state index is 13.2. The predicted octanol–water partition coefficient (Wildman–Crippen LogP) is 5.96. The van der Waals surface area contributed by atoms with E-state index >= 15 is 0 Å². The predicted molar refractivity (Wildman–Crippen MR) is 211 cm³/mol. The average molecular weight is 737 g/mol. The van der Waals surface area contributed by atoms with Crippen LogP contribution in [0, 0.1) is 0 Å². The normalized spacial score (nSPS) is 17.1. The molecule has 1 amide bonds. The number of hydrogen-bond donors (Lipinski definition) is 2. The van der Waals surface area contributed by atoms with Crippen LogP contribution in [0.2, 0.25) is 0 Å². The van der Waals surface area contributed by atoms with Crippen molar-refractivity contribution in [2.24, 2.45) is 0 Å². The first kappa shape index (κ1) is 39.0. The first-order valence-electron chi connectivity index (χ1n) is 18.6. The first-order chi connectivity index (χ1) is 25.6. The van der Waals surface area contributed by atoms with Gasteiger partial charge in [-0.05, 0) is 95.2 Å². The molecule has 0 spiro atoms. The molecule has 13 heteroatoms. The Morgan fingerprint density at radius 1 is 0.889 bits per heavy atom. The van der Waals surface area contributed by atoms with Crippen molar-refractivity contribution < 1.29 is 28.8 Å². The SMILES string of the molecule is CC(C)(C)OC(=O)N(Cc1ccc(B2OC(C)(C)C(C)(C)O2)cc1)OCCc1ccc(CN2CCN(c3cc(-c4ccccc4O)nnc3N)CC2)cc1. The molecule has 1 aromatic heterocycles. The average Bonchev–Trinajstić information content (AvgIpc) is 3.35. The van der Waals surface area contributed by atoms with E-state index < -0.39 is 30.0 Å². The van der Waals surface area contributed by atoms with Crippen molar-refractivity contribution in [3.05, 3.63) is 95.6 Å². The molecule has 4 aromatic rings. The number of aromatic hydroxyl groups is 1. The minimum atomic E-state index is -0.665. The van der Waals surface area contributed by atoms with Crippen LogP contribution >= 0.6 is 0 Å². The molecule has 54 heavy (non-hydrogen) atoms. The van der Waals surface area contributed by atoms with Crippen molar-refractivity contribution >= 4 is 30.2 Å². The zero-order valence-corrected chi connectivity index (χ0v) is 32.5. The number of hydrogen-bond acceptors (Lipinski definition) is 11. The van der Waals surface area contributed by atoms with E-state index in [4.69, 9.17) is 24.6 Å². The third-order valence-electron chi connectivity index (χ3n) is 10.2. The van der Waals surface area contributed by atoms with E-state index in [0.29, 0.717) is 30.1 Å². The lowest BCUT2D eigenvalue weighted by Crippen LogP contribution is -2.46. The van der Waals surface area contributed by atoms with Gasteiger partial charge >= 0.3 is 13.2 Å². The lowest BCUT2D eigenvalue weighted by Gasteiger charge is -2.36. The van der Waals surface area contributed by atoms with Crippen LogP contribution in [-0.2, 0) is 38.4 Å². The fourth-order valence-corrected chi connectivity index (χ4v) is 6.36. The standard InChI is InChI=1S/C41H53BN6O6/c1-39(2,3)52-38(50)48(28-31-16-18-32(19-17-31)42-53-40(4,5)41(6,7)54-42)51-25-20-29-12-14-30(15-13-29)27-46-21-23-47(24-22-46)35-26-34(44-45-37(35)43)33-10-8-9-11-36(33)49/h8-19,26,49H,20-25,27-28H2,1-7H3,(H2,43,45). The van der Waals surface area contributed by atoms with Crippen LogP contribution in [0.4, 0.5) is 16.3 Å². The van der Waals surface area contributed by atoms with Crippen LogP contribution < -0.4 is 16.1 Å². The summed E-state index contributed by atoms with van der Waals surface area (Å²) in [7, 11) is -0.458. The molecule has 2 aliphatic rings. The van der Waals surface area contributed by atoms with Gasteiger partial charge < -0.3 is 29.8 Å². The highest BCUT2D eigenvalue weighted by atomic mass is 16.7. The fraction of sp³-hybridized carbons (Fsp3) is 0.439. The molecular formula is C41H53BN6O6. The molecule has 0 bridgehead atoms. The van der Waals surface area contributed by atoms with E-state index in [1.807, 2.05) is 90.9 Å². The monoisotopic (exact) mass is 736 g/mol. The minimum absolute atomic E-state index is 0.158. The quantitative estimate of drug-likeness (QED) is 0.139. The van der Waals surface area contributed by atoms with Crippen molar-refractivity contribution in [2.75, 3.05) is 43.4 Å². The second-order valence-electron chi connectivity index (χ2n) is 16.0. The van der Waals surface area contributed by atoms with Gasteiger partial charge in [-0.2, -0.15) is 5.06 Å². The molecule has 6 rings (SSSR count). The molecule has 0 radical (unpaired) electrons. The number of phenols is 1. The molecule has 3 N–H and O–H groups in total. The molecule has 2 aliphatic heterocycles. The molecule has 286 valence electrons. The van der Waals surface area contributed by atoms with Gasteiger partial charge in [0.2, 0.25) is 0 Å². The number of ether oxygens (including phenoxy) is 1. The third-order valence-corrected chi connectivity index (χ3v) is 10.2. The number of nitrogen functional groups attached to an aromatic ring is 1. The van der Waals surface area contributed by atoms with Gasteiger partial charge in [0.05, 0.1) is 35.7 Å². The van der Waals surface area contributed by atoms with E-state index in [1.54, 1.807) is 12.1 Å². The molecule has 12 nitrogen and oxygen atoms in total. The van der Waals surface area contributed by atoms with Crippen LogP contribution in [0.25, 0.3) is 11.3 Å². The molecule has 3 heterocycles. The summed E-state index contributed by atoms with van der Waals surface area (Å²) in [5.74, 6) is 0.537. The molecule has 2 saturated heterocycles. The summed E-state index contributed by atoms with van der Waals surface area (Å²) in [6.07, 6.45) is 0.0929. The van der Waals surface area contributed by atoms with E-state index in [0.717, 1.165) is 55.0 Å². The summed E-state index contributed by atoms with van der Waals surface area (Å²) in [5.41, 5.74) is 10.9. The van der Waals surface area contributed by atoms with Crippen molar-refractivity contribution in [1.82, 2.24) is 20.2 Å². The number of rotatable bonds is 11. The third kappa shape index (κ3) is 9.51. The molecule has 0 saturated carbocycles. The van der Waals surface area contributed by atoms with E-state index in [1.165, 1.54) is 10.6 Å². The molecule has 0 aliphatic carbocycles. The van der Waals surface area contributed by atoms with Crippen LogP contribution in [0.1, 0.15) is 65.2 Å². The van der Waals surface area contributed by atoms with Gasteiger partial charge in [-0.25, -0.2) is 4.79 Å². The van der Waals surface area contributed by atoms with E-state index in [2.05, 4.69) is 44.3 Å². The van der Waals surface area contributed by atoms with Crippen LogP contribution in [0.15, 0.2) is 78.9 Å². The number of carbonyl (C=O) groups excluding carboxylic acids is 1. The second-order valence-corrected chi connectivity index (χ2v) is 16.0. The molecule has 0 unspecified atom stereocenters. The van der Waals surface area contributed by atoms with Gasteiger partial charge in [-0.15, -0.1) is 10.2 Å². The summed E-state index contributed by atoms with van der Waals surface area (Å²) in [4.78, 5) is 23.9. The lowest BCUT2D eigenvalue weighted by molar-refractivity contribution is -0.152. The molecular weight excluding hydrogens is 683 g/mol. The highest BCUT2D eigenvalue weighted by Gasteiger charge is 2.51. The maximum Gasteiger partial charge on any atom is 0.494 e. The summed E-state index contributed by atoms with van der Waals surface area (Å²) in [5, 5.41) is 20.0. The van der Waals surface area contributed by atoms with Gasteiger partial charge in [0.25, 0.3) is 0 Å². The zero-order valence-electron chi connectivity index (χ0n) is 32.5. The largest absolute Gasteiger partial charge is 0.507 e. The minimum Gasteiger partial charge on any atom is -0.507 e. The number of carbonyl (C=O) groups is 1. The van der Waals surface area contributed by atoms with Crippen LogP contribution in [0.3, 0.4) is 0 Å². The number of piperazine rings is 1. The number of hydroxylamine groups is 2. The fourth-order valence-electron chi connectivity index (χ4n) is 6.36. The molecule has 3 aromatic carbocycles. The summed E-state index contributed by atoms with van der Waals surface area (Å²) < 4.78 is 18.1. The molecule has 0 atom stereocenters. The molecule has 2 fully saturated rings. The summed E-state index contributed by atoms with van der Waals surface area (Å²) in [6.45, 7) is 18.3. The number of phenolic OH excluding ortho intramolecular Hbond substituents is 1. The summed E-state index contributed by atoms with van der Waals surface area (Å²) in [6, 6.07) is 25.4. The Balaban J connectivity index is 0.999. The number of anilines is 2. The van der Waals surface area contributed by atoms with Crippen molar-refractivity contribution in [3.8, 4) is 17.0 Å². The van der Waals surface area contributed by atoms with Crippen molar-refractivity contribution in [1.29, 1.82) is 0 Å². The Morgan fingerprint density at radius 3 is 2.13 bits per heavy atom. The number of aromatic nitrogens is 2. The second kappa shape index (κ2) is 16.0. The highest BCUT2D eigenvalue weighted by Crippen LogP contribution is 2.36.